The van der Waals surface area contributed by atoms with Gasteiger partial charge in [0.1, 0.15) is 17.3 Å². The standard InChI is InChI=1S/C27H26N6O4S3/c1-14-9-10-38-24(14)22-16(12-28)25(29)33(18-5-4-6-19(34)23(18)22)26-31-32-27(40-26)39-13-21(35)30-17-11-15(36-2)7-8-20(17)37-3/h7-11,22H,4-6,13,29H2,1-3H3,(H,30,35). The number of benzene rings is 1. The fraction of sp³-hybridized carbons (Fsp3) is 0.296. The highest BCUT2D eigenvalue weighted by Crippen LogP contribution is 2.48. The Morgan fingerprint density at radius 2 is 2.10 bits per heavy atom. The van der Waals surface area contributed by atoms with E-state index in [1.54, 1.807) is 30.2 Å². The number of carbonyl (C=O) groups is 2. The van der Waals surface area contributed by atoms with E-state index in [-0.39, 0.29) is 23.3 Å². The van der Waals surface area contributed by atoms with E-state index in [2.05, 4.69) is 21.6 Å². The minimum atomic E-state index is -0.483. The van der Waals surface area contributed by atoms with Gasteiger partial charge in [0.15, 0.2) is 10.1 Å². The Kier molecular flexibility index (Phi) is 8.11. The van der Waals surface area contributed by atoms with Gasteiger partial charge in [0.25, 0.3) is 0 Å². The Morgan fingerprint density at radius 1 is 1.27 bits per heavy atom. The van der Waals surface area contributed by atoms with Crippen molar-refractivity contribution in [2.75, 3.05) is 30.2 Å². The molecule has 206 valence electrons. The highest BCUT2D eigenvalue weighted by Gasteiger charge is 2.42. The molecule has 2 aromatic heterocycles. The SMILES string of the molecule is COc1ccc(OC)c(NC(=O)CSc2nnc(N3C(N)=C(C#N)C(c4sccc4C)C4=C3CCCC4=O)s2)c1. The van der Waals surface area contributed by atoms with Gasteiger partial charge in [-0.05, 0) is 48.9 Å². The summed E-state index contributed by atoms with van der Waals surface area (Å²) in [6.45, 7) is 1.98. The van der Waals surface area contributed by atoms with Crippen LogP contribution in [0.5, 0.6) is 11.5 Å². The molecule has 0 saturated carbocycles. The van der Waals surface area contributed by atoms with Crippen LogP contribution in [-0.2, 0) is 9.59 Å². The molecule has 0 radical (unpaired) electrons. The number of carbonyl (C=O) groups excluding carboxylic acids is 2. The van der Waals surface area contributed by atoms with Crippen LogP contribution in [-0.4, -0.2) is 41.9 Å². The largest absolute Gasteiger partial charge is 0.497 e. The maximum atomic E-state index is 13.3. The Labute approximate surface area is 243 Å². The van der Waals surface area contributed by atoms with Gasteiger partial charge in [-0.3, -0.25) is 14.5 Å². The summed E-state index contributed by atoms with van der Waals surface area (Å²) in [6.07, 6.45) is 1.75. The number of ketones is 1. The Bertz CT molecular complexity index is 1580. The summed E-state index contributed by atoms with van der Waals surface area (Å²) in [5.41, 5.74) is 9.84. The maximum absolute atomic E-state index is 13.3. The van der Waals surface area contributed by atoms with Gasteiger partial charge < -0.3 is 20.5 Å². The Morgan fingerprint density at radius 3 is 2.80 bits per heavy atom. The third-order valence-electron chi connectivity index (χ3n) is 6.67. The molecule has 10 nitrogen and oxygen atoms in total. The van der Waals surface area contributed by atoms with Gasteiger partial charge in [0.2, 0.25) is 11.0 Å². The third-order valence-corrected chi connectivity index (χ3v) is 9.80. The normalized spacial score (nSPS) is 17.0. The number of allylic oxidation sites excluding steroid dienone is 3. The van der Waals surface area contributed by atoms with Crippen LogP contribution in [0.15, 0.2) is 56.6 Å². The first-order valence-electron chi connectivity index (χ1n) is 12.3. The Hall–Kier alpha value is -3.86. The van der Waals surface area contributed by atoms with Crippen molar-refractivity contribution in [3.05, 3.63) is 62.8 Å². The summed E-state index contributed by atoms with van der Waals surface area (Å²) in [7, 11) is 3.07. The number of aromatic nitrogens is 2. The minimum absolute atomic E-state index is 0.0213. The number of hydrogen-bond acceptors (Lipinski definition) is 12. The molecule has 0 bridgehead atoms. The predicted molar refractivity (Wildman–Crippen MR) is 156 cm³/mol. The lowest BCUT2D eigenvalue weighted by atomic mass is 9.78. The molecule has 3 N–H and O–H groups in total. The van der Waals surface area contributed by atoms with Crippen LogP contribution in [0.2, 0.25) is 0 Å². The van der Waals surface area contributed by atoms with Crippen molar-refractivity contribution in [2.45, 2.75) is 36.4 Å². The van der Waals surface area contributed by atoms with Crippen LogP contribution in [0.1, 0.15) is 35.6 Å². The third kappa shape index (κ3) is 5.17. The fourth-order valence-corrected chi connectivity index (χ4v) is 7.55. The molecule has 5 rings (SSSR count). The van der Waals surface area contributed by atoms with Crippen molar-refractivity contribution >= 4 is 56.9 Å². The molecule has 3 aromatic rings. The first kappa shape index (κ1) is 27.7. The quantitative estimate of drug-likeness (QED) is 0.343. The van der Waals surface area contributed by atoms with Crippen LogP contribution in [0.25, 0.3) is 0 Å². The molecule has 13 heteroatoms. The monoisotopic (exact) mass is 594 g/mol. The van der Waals surface area contributed by atoms with E-state index in [4.69, 9.17) is 15.2 Å². The lowest BCUT2D eigenvalue weighted by Crippen LogP contribution is -2.38. The Balaban J connectivity index is 1.39. The average molecular weight is 595 g/mol. The van der Waals surface area contributed by atoms with Crippen molar-refractivity contribution < 1.29 is 19.1 Å². The number of nitrogens with zero attached hydrogens (tertiary/aromatic N) is 4. The second-order valence-electron chi connectivity index (χ2n) is 9.04. The number of nitrogens with one attached hydrogen (secondary N) is 1. The molecule has 0 fully saturated rings. The van der Waals surface area contributed by atoms with Gasteiger partial charge in [0, 0.05) is 28.6 Å². The van der Waals surface area contributed by atoms with Crippen LogP contribution in [0, 0.1) is 18.3 Å². The van der Waals surface area contributed by atoms with Gasteiger partial charge in [-0.25, -0.2) is 0 Å². The molecule has 40 heavy (non-hydrogen) atoms. The predicted octanol–water partition coefficient (Wildman–Crippen LogP) is 4.96. The van der Waals surface area contributed by atoms with Crippen LogP contribution < -0.4 is 25.4 Å². The smallest absolute Gasteiger partial charge is 0.234 e. The van der Waals surface area contributed by atoms with Gasteiger partial charge in [-0.15, -0.1) is 21.5 Å². The number of amides is 1. The van der Waals surface area contributed by atoms with E-state index in [0.717, 1.165) is 16.1 Å². The van der Waals surface area contributed by atoms with Gasteiger partial charge in [-0.2, -0.15) is 5.26 Å². The highest BCUT2D eigenvalue weighted by molar-refractivity contribution is 8.01. The van der Waals surface area contributed by atoms with Crippen LogP contribution >= 0.6 is 34.4 Å². The summed E-state index contributed by atoms with van der Waals surface area (Å²) < 4.78 is 11.1. The van der Waals surface area contributed by atoms with E-state index in [1.807, 2.05) is 18.4 Å². The molecule has 0 saturated heterocycles. The lowest BCUT2D eigenvalue weighted by molar-refractivity contribution is -0.116. The summed E-state index contributed by atoms with van der Waals surface area (Å²) in [6, 6.07) is 9.40. The van der Waals surface area contributed by atoms with E-state index in [0.29, 0.717) is 57.1 Å². The number of ether oxygens (including phenoxy) is 2. The average Bonchev–Trinajstić information content (AvgIpc) is 3.60. The van der Waals surface area contributed by atoms with Gasteiger partial charge in [0.05, 0.1) is 43.2 Å². The molecule has 1 aliphatic carbocycles. The number of thiophene rings is 1. The zero-order chi connectivity index (χ0) is 28.4. The zero-order valence-corrected chi connectivity index (χ0v) is 24.5. The van der Waals surface area contributed by atoms with E-state index in [9.17, 15) is 14.9 Å². The molecule has 2 aliphatic rings. The molecule has 1 amide bonds. The maximum Gasteiger partial charge on any atom is 0.234 e. The van der Waals surface area contributed by atoms with Crippen LogP contribution in [0.3, 0.4) is 0 Å². The summed E-state index contributed by atoms with van der Waals surface area (Å²) in [5.74, 6) is 0.721. The molecule has 3 heterocycles. The lowest BCUT2D eigenvalue weighted by Gasteiger charge is -2.37. The van der Waals surface area contributed by atoms with Gasteiger partial charge >= 0.3 is 0 Å². The zero-order valence-electron chi connectivity index (χ0n) is 22.0. The van der Waals surface area contributed by atoms with Crippen molar-refractivity contribution in [2.24, 2.45) is 5.73 Å². The summed E-state index contributed by atoms with van der Waals surface area (Å²) >= 11 is 4.00. The number of rotatable bonds is 8. The molecule has 1 unspecified atom stereocenters. The molecule has 0 spiro atoms. The summed E-state index contributed by atoms with van der Waals surface area (Å²) in [4.78, 5) is 28.6. The number of Topliss-reactive ketones (excluding diaryl/α,β-unsaturated/α-hetero) is 1. The van der Waals surface area contributed by atoms with Crippen molar-refractivity contribution in [1.29, 1.82) is 5.26 Å². The number of nitriles is 1. The molecular formula is C27H26N6O4S3. The first-order valence-corrected chi connectivity index (χ1v) is 15.0. The number of anilines is 2. The number of nitrogens with two attached hydrogens (primary N) is 1. The molecular weight excluding hydrogens is 569 g/mol. The van der Waals surface area contributed by atoms with Crippen molar-refractivity contribution in [3.8, 4) is 17.6 Å². The minimum Gasteiger partial charge on any atom is -0.497 e. The molecule has 1 aliphatic heterocycles. The number of methoxy groups -OCH3 is 2. The second kappa shape index (κ2) is 11.7. The van der Waals surface area contributed by atoms with Gasteiger partial charge in [-0.1, -0.05) is 23.1 Å². The fourth-order valence-electron chi connectivity index (χ4n) is 4.82. The highest BCUT2D eigenvalue weighted by atomic mass is 32.2. The number of aryl methyl sites for hydroxylation is 1. The van der Waals surface area contributed by atoms with Crippen LogP contribution in [0.4, 0.5) is 10.8 Å². The van der Waals surface area contributed by atoms with E-state index >= 15 is 0 Å². The molecule has 1 atom stereocenters. The number of hydrogen-bond donors (Lipinski definition) is 2. The van der Waals surface area contributed by atoms with E-state index in [1.165, 1.54) is 41.5 Å². The summed E-state index contributed by atoms with van der Waals surface area (Å²) in [5, 5.41) is 24.0. The first-order chi connectivity index (χ1) is 19.4. The van der Waals surface area contributed by atoms with Crippen molar-refractivity contribution in [1.82, 2.24) is 10.2 Å². The second-order valence-corrected chi connectivity index (χ2v) is 12.2. The topological polar surface area (TPSA) is 143 Å². The van der Waals surface area contributed by atoms with E-state index < -0.39 is 5.92 Å². The van der Waals surface area contributed by atoms with Crippen molar-refractivity contribution in [3.63, 3.8) is 0 Å². The number of thioether (sulfide) groups is 1. The molecule has 1 aromatic carbocycles.